The van der Waals surface area contributed by atoms with Gasteiger partial charge in [-0.15, -0.1) is 5.10 Å². The van der Waals surface area contributed by atoms with Gasteiger partial charge in [0.25, 0.3) is 5.90 Å². The Hall–Kier alpha value is -3.90. The van der Waals surface area contributed by atoms with Crippen LogP contribution >= 0.6 is 0 Å². The lowest BCUT2D eigenvalue weighted by molar-refractivity contribution is -0.290. The van der Waals surface area contributed by atoms with E-state index in [1.165, 1.54) is 34.5 Å². The molecule has 13 heteroatoms. The molecule has 0 aliphatic carbocycles. The van der Waals surface area contributed by atoms with Gasteiger partial charge in [0.05, 0.1) is 12.8 Å². The molecule has 0 fully saturated rings. The van der Waals surface area contributed by atoms with Gasteiger partial charge in [0.15, 0.2) is 0 Å². The third-order valence-electron chi connectivity index (χ3n) is 4.64. The van der Waals surface area contributed by atoms with Crippen molar-refractivity contribution >= 4 is 29.3 Å². The van der Waals surface area contributed by atoms with Crippen LogP contribution in [-0.2, 0) is 17.7 Å². The molecule has 0 aliphatic heterocycles. The second kappa shape index (κ2) is 7.35. The van der Waals surface area contributed by atoms with Crippen LogP contribution in [0.1, 0.15) is 11.4 Å². The topological polar surface area (TPSA) is 82.0 Å². The first-order valence-electron chi connectivity index (χ1n) is 8.92. The summed E-state index contributed by atoms with van der Waals surface area (Å²) >= 11 is 0. The van der Waals surface area contributed by atoms with Gasteiger partial charge in [0.1, 0.15) is 22.7 Å². The first kappa shape index (κ1) is 21.3. The molecule has 4 rings (SSSR count). The number of rotatable bonds is 4. The maximum atomic E-state index is 14.3. The van der Waals surface area contributed by atoms with E-state index in [0.717, 1.165) is 0 Å². The van der Waals surface area contributed by atoms with Crippen LogP contribution in [-0.4, -0.2) is 50.1 Å². The number of nitrogens with zero attached hydrogens (tertiary/aromatic N) is 7. The molecule has 0 radical (unpaired) electrons. The van der Waals surface area contributed by atoms with Crippen molar-refractivity contribution in [2.45, 2.75) is 12.1 Å². The molecular formula is C19H14F5N7O. The van der Waals surface area contributed by atoms with Crippen molar-refractivity contribution < 1.29 is 26.7 Å². The Morgan fingerprint density at radius 3 is 2.47 bits per heavy atom. The van der Waals surface area contributed by atoms with E-state index in [-0.39, 0.29) is 34.1 Å². The number of hydrogen-bond donors (Lipinski definition) is 0. The van der Waals surface area contributed by atoms with Crippen molar-refractivity contribution in [2.24, 2.45) is 17.3 Å². The molecule has 4 heterocycles. The Morgan fingerprint density at radius 1 is 1.12 bits per heavy atom. The minimum Gasteiger partial charge on any atom is -0.478 e. The molecule has 0 saturated carbocycles. The first-order chi connectivity index (χ1) is 15.1. The summed E-state index contributed by atoms with van der Waals surface area (Å²) in [5.74, 6) is -5.22. The number of pyridine rings is 2. The third kappa shape index (κ3) is 3.35. The average molecular weight is 451 g/mol. The number of fused-ring (bicyclic) bond motifs is 3. The molecule has 4 aromatic heterocycles. The molecule has 0 N–H and O–H groups in total. The van der Waals surface area contributed by atoms with Crippen LogP contribution in [0.3, 0.4) is 0 Å². The number of halogens is 5. The molecule has 4 aromatic rings. The van der Waals surface area contributed by atoms with Crippen LogP contribution in [0.4, 0.5) is 22.0 Å². The van der Waals surface area contributed by atoms with Crippen LogP contribution in [0.2, 0.25) is 0 Å². The lowest BCUT2D eigenvalue weighted by atomic mass is 10.0. The molecule has 32 heavy (non-hydrogen) atoms. The van der Waals surface area contributed by atoms with Gasteiger partial charge in [-0.2, -0.15) is 32.2 Å². The summed E-state index contributed by atoms with van der Waals surface area (Å²) in [6.45, 7) is 3.22. The minimum absolute atomic E-state index is 0.0291. The van der Waals surface area contributed by atoms with Gasteiger partial charge < -0.3 is 4.74 Å². The normalized spacial score (nSPS) is 13.2. The Morgan fingerprint density at radius 2 is 1.88 bits per heavy atom. The molecule has 0 aliphatic rings. The van der Waals surface area contributed by atoms with E-state index < -0.39 is 17.8 Å². The molecule has 0 aromatic carbocycles. The van der Waals surface area contributed by atoms with Crippen LogP contribution in [0, 0.1) is 0 Å². The third-order valence-corrected chi connectivity index (χ3v) is 4.64. The van der Waals surface area contributed by atoms with Crippen LogP contribution in [0.15, 0.2) is 46.9 Å². The van der Waals surface area contributed by atoms with Crippen molar-refractivity contribution in [1.29, 1.82) is 0 Å². The van der Waals surface area contributed by atoms with Gasteiger partial charge >= 0.3 is 12.1 Å². The first-order valence-corrected chi connectivity index (χ1v) is 8.92. The number of alkyl halides is 5. The second-order valence-electron chi connectivity index (χ2n) is 6.68. The lowest BCUT2D eigenvalue weighted by Gasteiger charge is -2.20. The highest BCUT2D eigenvalue weighted by molar-refractivity contribution is 5.96. The smallest absolute Gasteiger partial charge is 0.459 e. The fourth-order valence-corrected chi connectivity index (χ4v) is 3.17. The number of aryl methyl sites for hydroxylation is 1. The number of hydrogen-bond acceptors (Lipinski definition) is 6. The quantitative estimate of drug-likeness (QED) is 0.204. The van der Waals surface area contributed by atoms with E-state index in [9.17, 15) is 22.0 Å². The fourth-order valence-electron chi connectivity index (χ4n) is 3.17. The van der Waals surface area contributed by atoms with Gasteiger partial charge in [-0.1, -0.05) is 0 Å². The lowest BCUT2D eigenvalue weighted by Crippen LogP contribution is -2.34. The molecule has 0 bridgehead atoms. The van der Waals surface area contributed by atoms with E-state index in [1.807, 2.05) is 0 Å². The van der Waals surface area contributed by atoms with Crippen LogP contribution < -0.4 is 0 Å². The van der Waals surface area contributed by atoms with Crippen molar-refractivity contribution in [3.63, 3.8) is 0 Å². The van der Waals surface area contributed by atoms with Gasteiger partial charge in [0, 0.05) is 37.1 Å². The van der Waals surface area contributed by atoms with Crippen molar-refractivity contribution in [3.05, 3.63) is 48.0 Å². The Balaban J connectivity index is 2.08. The molecule has 8 nitrogen and oxygen atoms in total. The molecule has 0 spiro atoms. The maximum absolute atomic E-state index is 14.3. The highest BCUT2D eigenvalue weighted by Gasteiger charge is 2.60. The van der Waals surface area contributed by atoms with Crippen molar-refractivity contribution in [3.8, 4) is 11.3 Å². The van der Waals surface area contributed by atoms with Crippen LogP contribution in [0.5, 0.6) is 0 Å². The average Bonchev–Trinajstić information content (AvgIpc) is 3.36. The molecule has 0 amide bonds. The highest BCUT2D eigenvalue weighted by atomic mass is 19.4. The Kier molecular flexibility index (Phi) is 4.90. The highest BCUT2D eigenvalue weighted by Crippen LogP contribution is 2.44. The van der Waals surface area contributed by atoms with E-state index in [0.29, 0.717) is 11.5 Å². The Bertz CT molecular complexity index is 1370. The predicted molar refractivity (Wildman–Crippen MR) is 106 cm³/mol. The zero-order valence-electron chi connectivity index (χ0n) is 16.6. The van der Waals surface area contributed by atoms with Gasteiger partial charge in [0.2, 0.25) is 0 Å². The standard InChI is InChI=1S/C19H14F5N7O/c1-25-28-17(32-3)13-9-31-15(26-13)5-4-10-11(12-6-7-30(2)29-12)8-14(27-16(10)31)18(20,21)19(22,23)24/h4-9H,1H2,2-3H3/b28-17-. The molecule has 0 atom stereocenters. The molecule has 0 saturated heterocycles. The maximum Gasteiger partial charge on any atom is 0.459 e. The zero-order valence-corrected chi connectivity index (χ0v) is 16.6. The van der Waals surface area contributed by atoms with Crippen LogP contribution in [0.25, 0.3) is 27.9 Å². The summed E-state index contributed by atoms with van der Waals surface area (Å²) in [5.41, 5.74) is -1.01. The van der Waals surface area contributed by atoms with Gasteiger partial charge in [-0.05, 0) is 24.3 Å². The van der Waals surface area contributed by atoms with E-state index in [4.69, 9.17) is 4.74 Å². The van der Waals surface area contributed by atoms with Crippen molar-refractivity contribution in [2.75, 3.05) is 7.11 Å². The zero-order chi connectivity index (χ0) is 23.3. The molecule has 0 unspecified atom stereocenters. The summed E-state index contributed by atoms with van der Waals surface area (Å²) in [5, 5.41) is 11.5. The minimum atomic E-state index is -5.84. The Labute approximate surface area is 176 Å². The van der Waals surface area contributed by atoms with Gasteiger partial charge in [-0.25, -0.2) is 9.97 Å². The van der Waals surface area contributed by atoms with E-state index in [2.05, 4.69) is 32.0 Å². The van der Waals surface area contributed by atoms with Gasteiger partial charge in [-0.3, -0.25) is 9.08 Å². The summed E-state index contributed by atoms with van der Waals surface area (Å²) in [4.78, 5) is 7.93. The number of aromatic nitrogens is 5. The molecule has 166 valence electrons. The summed E-state index contributed by atoms with van der Waals surface area (Å²) in [6.07, 6.45) is -2.95. The van der Waals surface area contributed by atoms with E-state index in [1.54, 1.807) is 19.3 Å². The summed E-state index contributed by atoms with van der Waals surface area (Å²) in [7, 11) is 2.91. The summed E-state index contributed by atoms with van der Waals surface area (Å²) in [6, 6.07) is 5.27. The summed E-state index contributed by atoms with van der Waals surface area (Å²) < 4.78 is 75.7. The van der Waals surface area contributed by atoms with Crippen molar-refractivity contribution in [1.82, 2.24) is 24.1 Å². The predicted octanol–water partition coefficient (Wildman–Crippen LogP) is 3.95. The number of ether oxygens (including phenoxy) is 1. The van der Waals surface area contributed by atoms with E-state index >= 15 is 0 Å². The largest absolute Gasteiger partial charge is 0.478 e. The number of methoxy groups -OCH3 is 1. The second-order valence-corrected chi connectivity index (χ2v) is 6.68. The monoisotopic (exact) mass is 451 g/mol. The molecular weight excluding hydrogens is 437 g/mol. The fraction of sp³-hybridized carbons (Fsp3) is 0.211. The SMILES string of the molecule is C=N/N=C(\OC)c1cn2c(ccc3c(-c4ccn(C)n4)cc(C(F)(F)C(F)(F)F)nc32)n1. The number of imidazole rings is 1.